The normalized spacial score (nSPS) is 14.3. The van der Waals surface area contributed by atoms with Crippen LogP contribution < -0.4 is 4.74 Å². The number of nitrogens with zero attached hydrogens (tertiary/aromatic N) is 1. The number of piperidine rings is 1. The monoisotopic (exact) mass is 319 g/mol. The molecule has 0 unspecified atom stereocenters. The zero-order valence-electron chi connectivity index (χ0n) is 13.0. The first-order valence-corrected chi connectivity index (χ1v) is 7.82. The van der Waals surface area contributed by atoms with Gasteiger partial charge in [0.1, 0.15) is 5.75 Å². The molecular formula is C17H21NO5. The maximum atomic E-state index is 12.0. The van der Waals surface area contributed by atoms with Crippen molar-refractivity contribution in [1.82, 2.24) is 4.90 Å². The molecule has 0 bridgehead atoms. The highest BCUT2D eigenvalue weighted by Crippen LogP contribution is 2.15. The molecule has 6 heteroatoms. The van der Waals surface area contributed by atoms with Gasteiger partial charge in [-0.15, -0.1) is 0 Å². The second kappa shape index (κ2) is 8.31. The molecule has 1 heterocycles. The lowest BCUT2D eigenvalue weighted by Gasteiger charge is -2.26. The third-order valence-electron chi connectivity index (χ3n) is 3.81. The molecule has 0 radical (unpaired) electrons. The largest absolute Gasteiger partial charge is 0.484 e. The molecule has 1 aromatic rings. The highest BCUT2D eigenvalue weighted by molar-refractivity contribution is 5.97. The molecule has 6 nitrogen and oxygen atoms in total. The summed E-state index contributed by atoms with van der Waals surface area (Å²) in [5, 5.41) is 8.57. The molecule has 0 saturated carbocycles. The van der Waals surface area contributed by atoms with Gasteiger partial charge in [-0.05, 0) is 43.5 Å². The molecule has 1 fully saturated rings. The summed E-state index contributed by atoms with van der Waals surface area (Å²) in [4.78, 5) is 36.0. The van der Waals surface area contributed by atoms with Crippen molar-refractivity contribution < 1.29 is 24.2 Å². The Labute approximate surface area is 135 Å². The first-order chi connectivity index (χ1) is 11.1. The van der Waals surface area contributed by atoms with Gasteiger partial charge in [-0.25, -0.2) is 0 Å². The van der Waals surface area contributed by atoms with Crippen molar-refractivity contribution >= 4 is 17.7 Å². The third kappa shape index (κ3) is 5.39. The lowest BCUT2D eigenvalue weighted by Crippen LogP contribution is -2.38. The molecule has 0 atom stereocenters. The van der Waals surface area contributed by atoms with Crippen LogP contribution in [0.4, 0.5) is 0 Å². The SMILES string of the molecule is O=C(O)CCC(=O)c1ccc(OCC(=O)N2CCCCC2)cc1. The Hall–Kier alpha value is -2.37. The van der Waals surface area contributed by atoms with Crippen LogP contribution in [0.2, 0.25) is 0 Å². The molecule has 2 rings (SSSR count). The minimum Gasteiger partial charge on any atom is -0.484 e. The maximum absolute atomic E-state index is 12.0. The molecule has 1 aliphatic rings. The number of likely N-dealkylation sites (tertiary alicyclic amines) is 1. The van der Waals surface area contributed by atoms with Crippen molar-refractivity contribution in [2.45, 2.75) is 32.1 Å². The van der Waals surface area contributed by atoms with E-state index in [4.69, 9.17) is 9.84 Å². The van der Waals surface area contributed by atoms with Crippen molar-refractivity contribution in [2.75, 3.05) is 19.7 Å². The van der Waals surface area contributed by atoms with Gasteiger partial charge in [0.05, 0.1) is 6.42 Å². The lowest BCUT2D eigenvalue weighted by atomic mass is 10.1. The van der Waals surface area contributed by atoms with Crippen molar-refractivity contribution in [3.63, 3.8) is 0 Å². The van der Waals surface area contributed by atoms with Gasteiger partial charge >= 0.3 is 5.97 Å². The molecule has 1 aromatic carbocycles. The summed E-state index contributed by atoms with van der Waals surface area (Å²) in [6.45, 7) is 1.57. The number of aliphatic carboxylic acids is 1. The Kier molecular flexibility index (Phi) is 6.14. The molecule has 124 valence electrons. The van der Waals surface area contributed by atoms with Crippen molar-refractivity contribution in [1.29, 1.82) is 0 Å². The van der Waals surface area contributed by atoms with Crippen LogP contribution in [0.1, 0.15) is 42.5 Å². The van der Waals surface area contributed by atoms with Crippen LogP contribution >= 0.6 is 0 Å². The summed E-state index contributed by atoms with van der Waals surface area (Å²) < 4.78 is 5.46. The average Bonchev–Trinajstić information content (AvgIpc) is 2.58. The van der Waals surface area contributed by atoms with Gasteiger partial charge in [-0.2, -0.15) is 0 Å². The molecule has 1 aliphatic heterocycles. The number of carboxylic acid groups (broad SMARTS) is 1. The molecule has 1 saturated heterocycles. The van der Waals surface area contributed by atoms with Crippen LogP contribution in [-0.2, 0) is 9.59 Å². The van der Waals surface area contributed by atoms with E-state index in [1.165, 1.54) is 6.42 Å². The second-order valence-corrected chi connectivity index (χ2v) is 5.57. The Morgan fingerprint density at radius 3 is 2.26 bits per heavy atom. The van der Waals surface area contributed by atoms with E-state index in [9.17, 15) is 14.4 Å². The van der Waals surface area contributed by atoms with E-state index in [2.05, 4.69) is 0 Å². The predicted molar refractivity (Wildman–Crippen MR) is 83.6 cm³/mol. The van der Waals surface area contributed by atoms with Crippen molar-refractivity contribution in [3.05, 3.63) is 29.8 Å². The number of ether oxygens (including phenoxy) is 1. The minimum atomic E-state index is -0.991. The number of rotatable bonds is 7. The summed E-state index contributed by atoms with van der Waals surface area (Å²) >= 11 is 0. The van der Waals surface area contributed by atoms with E-state index >= 15 is 0 Å². The van der Waals surface area contributed by atoms with Crippen molar-refractivity contribution in [3.8, 4) is 5.75 Å². The van der Waals surface area contributed by atoms with Crippen LogP contribution in [0.15, 0.2) is 24.3 Å². The van der Waals surface area contributed by atoms with Gasteiger partial charge in [-0.3, -0.25) is 14.4 Å². The lowest BCUT2D eigenvalue weighted by molar-refractivity contribution is -0.137. The molecule has 1 N–H and O–H groups in total. The Bertz CT molecular complexity index is 561. The minimum absolute atomic E-state index is 0.00763. The maximum Gasteiger partial charge on any atom is 0.303 e. The van der Waals surface area contributed by atoms with E-state index in [1.54, 1.807) is 24.3 Å². The number of benzene rings is 1. The van der Waals surface area contributed by atoms with Gasteiger partial charge in [0.2, 0.25) is 0 Å². The fourth-order valence-electron chi connectivity index (χ4n) is 2.48. The van der Waals surface area contributed by atoms with Crippen LogP contribution in [-0.4, -0.2) is 47.4 Å². The number of carbonyl (C=O) groups excluding carboxylic acids is 2. The zero-order valence-corrected chi connectivity index (χ0v) is 13.0. The van der Waals surface area contributed by atoms with Gasteiger partial charge < -0.3 is 14.7 Å². The first kappa shape index (κ1) is 17.0. The summed E-state index contributed by atoms with van der Waals surface area (Å²) in [6, 6.07) is 6.42. The van der Waals surface area contributed by atoms with Crippen LogP contribution in [0, 0.1) is 0 Å². The molecule has 1 amide bonds. The second-order valence-electron chi connectivity index (χ2n) is 5.57. The molecule has 23 heavy (non-hydrogen) atoms. The van der Waals surface area contributed by atoms with E-state index in [0.29, 0.717) is 11.3 Å². The number of ketones is 1. The summed E-state index contributed by atoms with van der Waals surface area (Å²) in [5.74, 6) is -0.714. The smallest absolute Gasteiger partial charge is 0.303 e. The first-order valence-electron chi connectivity index (χ1n) is 7.82. The van der Waals surface area contributed by atoms with Crippen LogP contribution in [0.5, 0.6) is 5.75 Å². The molecule has 0 aliphatic carbocycles. The summed E-state index contributed by atoms with van der Waals surface area (Å²) in [6.07, 6.45) is 3.05. The average molecular weight is 319 g/mol. The quantitative estimate of drug-likeness (QED) is 0.778. The highest BCUT2D eigenvalue weighted by Gasteiger charge is 2.16. The number of amides is 1. The fourth-order valence-corrected chi connectivity index (χ4v) is 2.48. The van der Waals surface area contributed by atoms with E-state index in [1.807, 2.05) is 4.90 Å². The molecule has 0 aromatic heterocycles. The summed E-state index contributed by atoms with van der Waals surface area (Å²) in [5.41, 5.74) is 0.445. The Morgan fingerprint density at radius 2 is 1.65 bits per heavy atom. The summed E-state index contributed by atoms with van der Waals surface area (Å²) in [7, 11) is 0. The van der Waals surface area contributed by atoms with Gasteiger partial charge in [0, 0.05) is 25.1 Å². The number of hydrogen-bond donors (Lipinski definition) is 1. The van der Waals surface area contributed by atoms with E-state index < -0.39 is 5.97 Å². The van der Waals surface area contributed by atoms with E-state index in [0.717, 1.165) is 25.9 Å². The number of Topliss-reactive ketones (excluding diaryl/α,β-unsaturated/α-hetero) is 1. The fraction of sp³-hybridized carbons (Fsp3) is 0.471. The number of carbonyl (C=O) groups is 3. The highest BCUT2D eigenvalue weighted by atomic mass is 16.5. The predicted octanol–water partition coefficient (Wildman–Crippen LogP) is 2.13. The van der Waals surface area contributed by atoms with Crippen LogP contribution in [0.25, 0.3) is 0 Å². The van der Waals surface area contributed by atoms with Crippen molar-refractivity contribution in [2.24, 2.45) is 0 Å². The van der Waals surface area contributed by atoms with Gasteiger partial charge in [0.15, 0.2) is 12.4 Å². The Balaban J connectivity index is 1.81. The molecular weight excluding hydrogens is 298 g/mol. The van der Waals surface area contributed by atoms with Crippen LogP contribution in [0.3, 0.4) is 0 Å². The number of hydrogen-bond acceptors (Lipinski definition) is 4. The van der Waals surface area contributed by atoms with Gasteiger partial charge in [0.25, 0.3) is 5.91 Å². The zero-order chi connectivity index (χ0) is 16.7. The Morgan fingerprint density at radius 1 is 1.00 bits per heavy atom. The third-order valence-corrected chi connectivity index (χ3v) is 3.81. The standard InChI is InChI=1S/C17H21NO5/c19-15(8-9-17(21)22)13-4-6-14(7-5-13)23-12-16(20)18-10-2-1-3-11-18/h4-7H,1-3,8-12H2,(H,21,22). The van der Waals surface area contributed by atoms with Gasteiger partial charge in [-0.1, -0.05) is 0 Å². The molecule has 0 spiro atoms. The van der Waals surface area contributed by atoms with E-state index in [-0.39, 0.29) is 31.1 Å². The number of carboxylic acids is 1. The topological polar surface area (TPSA) is 83.9 Å².